The molecule has 0 heterocycles. The lowest BCUT2D eigenvalue weighted by molar-refractivity contribution is 1.08. The van der Waals surface area contributed by atoms with Gasteiger partial charge in [-0.25, -0.2) is 4.99 Å². The standard InChI is InChI=1S/C9H8ClNS/c1-7-2-3-8(4-9(7)10)5-11-6-12/h2-4H,5H2,1H3. The van der Waals surface area contributed by atoms with Gasteiger partial charge in [0.2, 0.25) is 0 Å². The molecule has 1 rings (SSSR count). The molecule has 3 heteroatoms. The fourth-order valence-electron chi connectivity index (χ4n) is 0.858. The average Bonchev–Trinajstić information content (AvgIpc) is 2.07. The number of rotatable bonds is 2. The molecule has 1 aromatic rings. The van der Waals surface area contributed by atoms with Crippen molar-refractivity contribution in [1.82, 2.24) is 0 Å². The molecule has 0 amide bonds. The van der Waals surface area contributed by atoms with E-state index in [-0.39, 0.29) is 0 Å². The van der Waals surface area contributed by atoms with E-state index in [4.69, 9.17) is 11.6 Å². The van der Waals surface area contributed by atoms with Crippen LogP contribution in [0, 0.1) is 6.92 Å². The fourth-order valence-corrected chi connectivity index (χ4v) is 1.13. The van der Waals surface area contributed by atoms with E-state index in [0.29, 0.717) is 6.54 Å². The first kappa shape index (κ1) is 9.40. The summed E-state index contributed by atoms with van der Waals surface area (Å²) in [6, 6.07) is 5.85. The molecule has 0 aliphatic rings. The fraction of sp³-hybridized carbons (Fsp3) is 0.222. The van der Waals surface area contributed by atoms with E-state index in [0.717, 1.165) is 16.1 Å². The normalized spacial score (nSPS) is 9.17. The predicted octanol–water partition coefficient (Wildman–Crippen LogP) is 3.25. The zero-order valence-electron chi connectivity index (χ0n) is 6.67. The van der Waals surface area contributed by atoms with Crippen LogP contribution in [0.25, 0.3) is 0 Å². The van der Waals surface area contributed by atoms with E-state index in [2.05, 4.69) is 22.4 Å². The molecule has 0 unspecified atom stereocenters. The van der Waals surface area contributed by atoms with Crippen LogP contribution in [0.5, 0.6) is 0 Å². The molecular weight excluding hydrogens is 190 g/mol. The summed E-state index contributed by atoms with van der Waals surface area (Å²) in [6.45, 7) is 2.53. The summed E-state index contributed by atoms with van der Waals surface area (Å²) in [4.78, 5) is 3.82. The Labute approximate surface area is 82.1 Å². The van der Waals surface area contributed by atoms with E-state index in [9.17, 15) is 0 Å². The van der Waals surface area contributed by atoms with Gasteiger partial charge in [0.25, 0.3) is 0 Å². The summed E-state index contributed by atoms with van der Waals surface area (Å²) >= 11 is 10.4. The second-order valence-electron chi connectivity index (χ2n) is 2.49. The third-order valence-corrected chi connectivity index (χ3v) is 2.10. The lowest BCUT2D eigenvalue weighted by Crippen LogP contribution is -1.82. The van der Waals surface area contributed by atoms with Gasteiger partial charge in [0.05, 0.1) is 11.7 Å². The summed E-state index contributed by atoms with van der Waals surface area (Å²) in [5.41, 5.74) is 2.13. The summed E-state index contributed by atoms with van der Waals surface area (Å²) in [5, 5.41) is 3.09. The predicted molar refractivity (Wildman–Crippen MR) is 54.9 cm³/mol. The Bertz CT molecular complexity index is 329. The number of hydrogen-bond donors (Lipinski definition) is 0. The van der Waals surface area contributed by atoms with Crippen LogP contribution in [0.4, 0.5) is 0 Å². The van der Waals surface area contributed by atoms with Gasteiger partial charge < -0.3 is 0 Å². The summed E-state index contributed by atoms with van der Waals surface area (Å²) in [6.07, 6.45) is 0. The molecule has 1 aromatic carbocycles. The average molecular weight is 198 g/mol. The van der Waals surface area contributed by atoms with Crippen LogP contribution in [0.3, 0.4) is 0 Å². The number of benzene rings is 1. The molecule has 0 saturated heterocycles. The zero-order valence-corrected chi connectivity index (χ0v) is 8.25. The lowest BCUT2D eigenvalue weighted by atomic mass is 10.1. The first-order chi connectivity index (χ1) is 5.74. The Balaban J connectivity index is 2.89. The Kier molecular flexibility index (Phi) is 3.42. The van der Waals surface area contributed by atoms with Crippen molar-refractivity contribution in [1.29, 1.82) is 0 Å². The maximum Gasteiger partial charge on any atom is 0.0743 e. The minimum atomic E-state index is 0.559. The highest BCUT2D eigenvalue weighted by Crippen LogP contribution is 2.16. The van der Waals surface area contributed by atoms with Crippen LogP contribution in [0.1, 0.15) is 11.1 Å². The molecule has 0 aliphatic carbocycles. The first-order valence-electron chi connectivity index (χ1n) is 3.52. The van der Waals surface area contributed by atoms with Gasteiger partial charge in [-0.05, 0) is 36.3 Å². The molecule has 0 radical (unpaired) electrons. The minimum absolute atomic E-state index is 0.559. The second kappa shape index (κ2) is 4.36. The van der Waals surface area contributed by atoms with Crippen molar-refractivity contribution in [3.8, 4) is 0 Å². The third kappa shape index (κ3) is 2.42. The molecule has 12 heavy (non-hydrogen) atoms. The van der Waals surface area contributed by atoms with Crippen molar-refractivity contribution < 1.29 is 0 Å². The van der Waals surface area contributed by atoms with Gasteiger partial charge in [-0.2, -0.15) is 0 Å². The Morgan fingerprint density at radius 1 is 1.58 bits per heavy atom. The topological polar surface area (TPSA) is 12.4 Å². The highest BCUT2D eigenvalue weighted by molar-refractivity contribution is 7.78. The first-order valence-corrected chi connectivity index (χ1v) is 4.31. The monoisotopic (exact) mass is 197 g/mol. The van der Waals surface area contributed by atoms with Gasteiger partial charge in [-0.15, -0.1) is 0 Å². The molecule has 0 saturated carbocycles. The van der Waals surface area contributed by atoms with Crippen LogP contribution < -0.4 is 0 Å². The van der Waals surface area contributed by atoms with E-state index >= 15 is 0 Å². The lowest BCUT2D eigenvalue weighted by Gasteiger charge is -1.99. The van der Waals surface area contributed by atoms with E-state index in [1.165, 1.54) is 0 Å². The maximum absolute atomic E-state index is 5.90. The van der Waals surface area contributed by atoms with Crippen LogP contribution in [0.2, 0.25) is 5.02 Å². The number of nitrogens with zero attached hydrogens (tertiary/aromatic N) is 1. The highest BCUT2D eigenvalue weighted by atomic mass is 35.5. The molecular formula is C9H8ClNS. The Hall–Kier alpha value is -0.690. The molecule has 1 nitrogen and oxygen atoms in total. The third-order valence-electron chi connectivity index (χ3n) is 1.56. The highest BCUT2D eigenvalue weighted by Gasteiger charge is 1.95. The van der Waals surface area contributed by atoms with Gasteiger partial charge in [0, 0.05) is 5.02 Å². The number of thiocarbonyl (C=S) groups is 1. The zero-order chi connectivity index (χ0) is 8.97. The van der Waals surface area contributed by atoms with Crippen LogP contribution in [-0.2, 0) is 6.54 Å². The minimum Gasteiger partial charge on any atom is -0.228 e. The van der Waals surface area contributed by atoms with Crippen LogP contribution in [0.15, 0.2) is 23.2 Å². The van der Waals surface area contributed by atoms with Gasteiger partial charge in [0.1, 0.15) is 0 Å². The maximum atomic E-state index is 5.90. The van der Waals surface area contributed by atoms with Gasteiger partial charge in [-0.1, -0.05) is 23.7 Å². The van der Waals surface area contributed by atoms with E-state index < -0.39 is 0 Å². The number of aryl methyl sites for hydroxylation is 1. The van der Waals surface area contributed by atoms with Crippen molar-refractivity contribution in [2.75, 3.05) is 0 Å². The quantitative estimate of drug-likeness (QED) is 0.524. The second-order valence-corrected chi connectivity index (χ2v) is 3.08. The van der Waals surface area contributed by atoms with Crippen LogP contribution in [-0.4, -0.2) is 5.16 Å². The molecule has 0 bridgehead atoms. The molecule has 0 atom stereocenters. The molecule has 0 fully saturated rings. The van der Waals surface area contributed by atoms with Gasteiger partial charge in [-0.3, -0.25) is 0 Å². The van der Waals surface area contributed by atoms with Crippen molar-refractivity contribution >= 4 is 29.0 Å². The Morgan fingerprint density at radius 2 is 2.33 bits per heavy atom. The largest absolute Gasteiger partial charge is 0.228 e. The molecule has 0 N–H and O–H groups in total. The van der Waals surface area contributed by atoms with E-state index in [1.54, 1.807) is 0 Å². The number of isothiocyanates is 1. The van der Waals surface area contributed by atoms with E-state index in [1.807, 2.05) is 25.1 Å². The SMILES string of the molecule is Cc1ccc(CN=C=S)cc1Cl. The summed E-state index contributed by atoms with van der Waals surface area (Å²) in [5.74, 6) is 0. The number of hydrogen-bond acceptors (Lipinski definition) is 2. The van der Waals surface area contributed by atoms with Crippen molar-refractivity contribution in [2.24, 2.45) is 4.99 Å². The summed E-state index contributed by atoms with van der Waals surface area (Å²) < 4.78 is 0. The van der Waals surface area contributed by atoms with Crippen molar-refractivity contribution in [2.45, 2.75) is 13.5 Å². The molecule has 62 valence electrons. The van der Waals surface area contributed by atoms with Crippen LogP contribution >= 0.6 is 23.8 Å². The molecule has 0 spiro atoms. The van der Waals surface area contributed by atoms with Gasteiger partial charge >= 0.3 is 0 Å². The molecule has 0 aromatic heterocycles. The number of aliphatic imine (C=N–C) groups is 1. The molecule has 0 aliphatic heterocycles. The van der Waals surface area contributed by atoms with Crippen molar-refractivity contribution in [3.05, 3.63) is 34.3 Å². The smallest absolute Gasteiger partial charge is 0.0743 e. The summed E-state index contributed by atoms with van der Waals surface area (Å²) in [7, 11) is 0. The van der Waals surface area contributed by atoms with Gasteiger partial charge in [0.15, 0.2) is 0 Å². The van der Waals surface area contributed by atoms with Crippen molar-refractivity contribution in [3.63, 3.8) is 0 Å². The number of halogens is 1. The Morgan fingerprint density at radius 3 is 2.92 bits per heavy atom.